The smallest absolute Gasteiger partial charge is 0.0239 e. The first-order valence-corrected chi connectivity index (χ1v) is 5.20. The average Bonchev–Trinajstić information content (AvgIpc) is 2.04. The number of hydrogen-bond donors (Lipinski definition) is 0. The van der Waals surface area contributed by atoms with Crippen LogP contribution in [0.3, 0.4) is 0 Å². The highest BCUT2D eigenvalue weighted by Crippen LogP contribution is 2.11. The normalized spacial score (nSPS) is 12.2. The molecule has 12 heavy (non-hydrogen) atoms. The van der Waals surface area contributed by atoms with E-state index in [4.69, 9.17) is 0 Å². The van der Waals surface area contributed by atoms with E-state index in [1.165, 1.54) is 25.7 Å². The van der Waals surface area contributed by atoms with Crippen molar-refractivity contribution in [3.05, 3.63) is 19.1 Å². The van der Waals surface area contributed by atoms with Crippen molar-refractivity contribution in [3.63, 3.8) is 0 Å². The molecule has 1 radical (unpaired) electrons. The summed E-state index contributed by atoms with van der Waals surface area (Å²) in [6, 6.07) is 0. The SMILES string of the molecule is [CH2]C(C)CCC=CC(CC)CC. The van der Waals surface area contributed by atoms with Crippen LogP contribution in [0.2, 0.25) is 0 Å². The highest BCUT2D eigenvalue weighted by atomic mass is 14.0. The topological polar surface area (TPSA) is 0 Å². The van der Waals surface area contributed by atoms with Gasteiger partial charge in [-0.3, -0.25) is 0 Å². The fraction of sp³-hybridized carbons (Fsp3) is 0.750. The molecule has 0 aliphatic heterocycles. The summed E-state index contributed by atoms with van der Waals surface area (Å²) >= 11 is 0. The van der Waals surface area contributed by atoms with E-state index in [1.54, 1.807) is 0 Å². The minimum Gasteiger partial charge on any atom is -0.0883 e. The van der Waals surface area contributed by atoms with Gasteiger partial charge in [0.05, 0.1) is 0 Å². The highest BCUT2D eigenvalue weighted by Gasteiger charge is 1.96. The van der Waals surface area contributed by atoms with Crippen LogP contribution in [0, 0.1) is 18.8 Å². The van der Waals surface area contributed by atoms with Gasteiger partial charge in [0.15, 0.2) is 0 Å². The second-order valence-electron chi connectivity index (χ2n) is 3.69. The molecule has 0 aromatic heterocycles. The number of rotatable bonds is 6. The maximum Gasteiger partial charge on any atom is -0.0239 e. The van der Waals surface area contributed by atoms with Crippen molar-refractivity contribution >= 4 is 0 Å². The molecule has 0 aliphatic carbocycles. The maximum atomic E-state index is 3.96. The Hall–Kier alpha value is -0.260. The standard InChI is InChI=1S/C12H23/c1-5-12(6-2)10-8-7-9-11(3)4/h8,10-12H,3,5-7,9H2,1-2,4H3. The van der Waals surface area contributed by atoms with Crippen LogP contribution in [0.1, 0.15) is 46.5 Å². The molecule has 0 rings (SSSR count). The van der Waals surface area contributed by atoms with E-state index in [-0.39, 0.29) is 0 Å². The van der Waals surface area contributed by atoms with E-state index >= 15 is 0 Å². The Morgan fingerprint density at radius 2 is 1.83 bits per heavy atom. The first-order valence-electron chi connectivity index (χ1n) is 5.20. The molecule has 0 saturated carbocycles. The first-order chi connectivity index (χ1) is 5.70. The second kappa shape index (κ2) is 7.39. The molecule has 0 amide bonds. The van der Waals surface area contributed by atoms with Crippen molar-refractivity contribution in [1.29, 1.82) is 0 Å². The predicted octanol–water partition coefficient (Wildman–Crippen LogP) is 4.23. The summed E-state index contributed by atoms with van der Waals surface area (Å²) in [6.07, 6.45) is 9.64. The lowest BCUT2D eigenvalue weighted by molar-refractivity contribution is 0.598. The molecule has 0 fully saturated rings. The van der Waals surface area contributed by atoms with Crippen LogP contribution in [0.25, 0.3) is 0 Å². The van der Waals surface area contributed by atoms with Crippen molar-refractivity contribution in [2.75, 3.05) is 0 Å². The lowest BCUT2D eigenvalue weighted by Crippen LogP contribution is -1.91. The molecule has 1 atom stereocenters. The van der Waals surface area contributed by atoms with Crippen LogP contribution in [-0.2, 0) is 0 Å². The zero-order chi connectivity index (χ0) is 9.40. The van der Waals surface area contributed by atoms with Gasteiger partial charge in [0.2, 0.25) is 0 Å². The monoisotopic (exact) mass is 167 g/mol. The average molecular weight is 167 g/mol. The van der Waals surface area contributed by atoms with Gasteiger partial charge in [-0.1, -0.05) is 39.8 Å². The third-order valence-electron chi connectivity index (χ3n) is 2.28. The first kappa shape index (κ1) is 11.7. The molecule has 71 valence electrons. The van der Waals surface area contributed by atoms with Gasteiger partial charge in [-0.2, -0.15) is 0 Å². The van der Waals surface area contributed by atoms with Crippen molar-refractivity contribution in [2.45, 2.75) is 46.5 Å². The fourth-order valence-corrected chi connectivity index (χ4v) is 1.23. The zero-order valence-electron chi connectivity index (χ0n) is 8.84. The third-order valence-corrected chi connectivity index (χ3v) is 2.28. The summed E-state index contributed by atoms with van der Waals surface area (Å²) in [5.74, 6) is 1.39. The van der Waals surface area contributed by atoms with Crippen LogP contribution in [0.15, 0.2) is 12.2 Å². The molecule has 0 aliphatic rings. The molecule has 0 nitrogen and oxygen atoms in total. The molecule has 0 spiro atoms. The Kier molecular flexibility index (Phi) is 7.23. The van der Waals surface area contributed by atoms with Crippen LogP contribution >= 0.6 is 0 Å². The molecule has 0 bridgehead atoms. The van der Waals surface area contributed by atoms with Crippen LogP contribution in [0.5, 0.6) is 0 Å². The Morgan fingerprint density at radius 3 is 2.25 bits per heavy atom. The summed E-state index contributed by atoms with van der Waals surface area (Å²) in [7, 11) is 0. The van der Waals surface area contributed by atoms with E-state index in [1.807, 2.05) is 0 Å². The largest absolute Gasteiger partial charge is 0.0883 e. The van der Waals surface area contributed by atoms with Gasteiger partial charge in [-0.25, -0.2) is 0 Å². The van der Waals surface area contributed by atoms with Gasteiger partial charge >= 0.3 is 0 Å². The van der Waals surface area contributed by atoms with Crippen molar-refractivity contribution in [3.8, 4) is 0 Å². The molecule has 0 aromatic carbocycles. The van der Waals surface area contributed by atoms with E-state index in [0.717, 1.165) is 5.92 Å². The van der Waals surface area contributed by atoms with Gasteiger partial charge in [-0.05, 0) is 37.5 Å². The van der Waals surface area contributed by atoms with Crippen LogP contribution in [-0.4, -0.2) is 0 Å². The molecule has 0 N–H and O–H groups in total. The van der Waals surface area contributed by atoms with Gasteiger partial charge in [0.1, 0.15) is 0 Å². The summed E-state index contributed by atoms with van der Waals surface area (Å²) in [6.45, 7) is 10.6. The molecule has 1 unspecified atom stereocenters. The van der Waals surface area contributed by atoms with E-state index < -0.39 is 0 Å². The molecular formula is C12H23. The summed E-state index contributed by atoms with van der Waals surface area (Å²) in [5.41, 5.74) is 0. The number of hydrogen-bond acceptors (Lipinski definition) is 0. The maximum absolute atomic E-state index is 3.96. The Labute approximate surface area is 78.1 Å². The minimum atomic E-state index is 0.594. The Bertz CT molecular complexity index is 107. The van der Waals surface area contributed by atoms with Crippen molar-refractivity contribution in [2.24, 2.45) is 11.8 Å². The minimum absolute atomic E-state index is 0.594. The van der Waals surface area contributed by atoms with Crippen molar-refractivity contribution in [1.82, 2.24) is 0 Å². The summed E-state index contributed by atoms with van der Waals surface area (Å²) < 4.78 is 0. The quantitative estimate of drug-likeness (QED) is 0.519. The Morgan fingerprint density at radius 1 is 1.25 bits per heavy atom. The lowest BCUT2D eigenvalue weighted by atomic mass is 10.0. The fourth-order valence-electron chi connectivity index (χ4n) is 1.23. The van der Waals surface area contributed by atoms with E-state index in [2.05, 4.69) is 39.8 Å². The third kappa shape index (κ3) is 6.45. The van der Waals surface area contributed by atoms with Crippen LogP contribution < -0.4 is 0 Å². The molecule has 0 heteroatoms. The molecule has 0 saturated heterocycles. The summed E-state index contributed by atoms with van der Waals surface area (Å²) in [5, 5.41) is 0. The molecular weight excluding hydrogens is 144 g/mol. The van der Waals surface area contributed by atoms with E-state index in [9.17, 15) is 0 Å². The van der Waals surface area contributed by atoms with Crippen LogP contribution in [0.4, 0.5) is 0 Å². The van der Waals surface area contributed by atoms with Gasteiger partial charge in [0, 0.05) is 0 Å². The van der Waals surface area contributed by atoms with Gasteiger partial charge in [0.25, 0.3) is 0 Å². The van der Waals surface area contributed by atoms with Crippen molar-refractivity contribution < 1.29 is 0 Å². The zero-order valence-corrected chi connectivity index (χ0v) is 8.84. The second-order valence-corrected chi connectivity index (χ2v) is 3.69. The predicted molar refractivity (Wildman–Crippen MR) is 57.0 cm³/mol. The van der Waals surface area contributed by atoms with E-state index in [0.29, 0.717) is 5.92 Å². The van der Waals surface area contributed by atoms with Gasteiger partial charge < -0.3 is 0 Å². The van der Waals surface area contributed by atoms with Gasteiger partial charge in [-0.15, -0.1) is 0 Å². The summed E-state index contributed by atoms with van der Waals surface area (Å²) in [4.78, 5) is 0. The molecule has 0 heterocycles. The highest BCUT2D eigenvalue weighted by molar-refractivity contribution is 4.87. The number of allylic oxidation sites excluding steroid dienone is 2. The lowest BCUT2D eigenvalue weighted by Gasteiger charge is -2.05. The molecule has 0 aromatic rings. The Balaban J connectivity index is 3.45.